The number of anilines is 1. The second-order valence-corrected chi connectivity index (χ2v) is 4.50. The van der Waals surface area contributed by atoms with E-state index in [-0.39, 0.29) is 0 Å². The first-order chi connectivity index (χ1) is 7.87. The normalized spacial score (nSPS) is 11.5. The highest BCUT2D eigenvalue weighted by Gasteiger charge is 2.14. The molecule has 0 heterocycles. The van der Waals surface area contributed by atoms with Crippen LogP contribution in [-0.2, 0) is 4.74 Å². The second-order valence-electron chi connectivity index (χ2n) is 4.50. The van der Waals surface area contributed by atoms with E-state index in [1.54, 1.807) is 45.0 Å². The van der Waals surface area contributed by atoms with Crippen LogP contribution in [0.5, 0.6) is 0 Å². The van der Waals surface area contributed by atoms with E-state index in [0.717, 1.165) is 0 Å². The molecule has 1 rings (SSSR count). The van der Waals surface area contributed by atoms with E-state index in [9.17, 15) is 4.79 Å². The molecule has 17 heavy (non-hydrogen) atoms. The minimum absolute atomic E-state index is 0.515. The molecule has 0 aliphatic carbocycles. The Balaban J connectivity index is 2.45. The highest BCUT2D eigenvalue weighted by molar-refractivity contribution is 5.83. The first-order valence-electron chi connectivity index (χ1n) is 5.24. The Hall–Kier alpha value is -2.04. The van der Waals surface area contributed by atoms with Crippen molar-refractivity contribution < 1.29 is 9.53 Å². The molecule has 0 unspecified atom stereocenters. The Morgan fingerprint density at radius 1 is 1.35 bits per heavy atom. The van der Waals surface area contributed by atoms with Crippen molar-refractivity contribution in [2.45, 2.75) is 26.4 Å². The van der Waals surface area contributed by atoms with Gasteiger partial charge in [0.05, 0.1) is 12.0 Å². The average molecular weight is 235 g/mol. The largest absolute Gasteiger partial charge is 0.444 e. The van der Waals surface area contributed by atoms with Gasteiger partial charge in [-0.1, -0.05) is 0 Å². The van der Waals surface area contributed by atoms with Crippen LogP contribution in [0, 0.1) is 0 Å². The van der Waals surface area contributed by atoms with Crippen molar-refractivity contribution in [2.24, 2.45) is 4.99 Å². The Bertz CT molecular complexity index is 405. The Kier molecular flexibility index (Phi) is 4.09. The lowest BCUT2D eigenvalue weighted by atomic mass is 10.2. The molecule has 0 fully saturated rings. The van der Waals surface area contributed by atoms with Gasteiger partial charge in [-0.25, -0.2) is 9.79 Å². The minimum Gasteiger partial charge on any atom is -0.444 e. The predicted molar refractivity (Wildman–Crippen MR) is 68.4 cm³/mol. The van der Waals surface area contributed by atoms with Gasteiger partial charge < -0.3 is 10.5 Å². The smallest absolute Gasteiger partial charge is 0.412 e. The maximum atomic E-state index is 11.3. The lowest BCUT2D eigenvalue weighted by Crippen LogP contribution is -2.31. The summed E-state index contributed by atoms with van der Waals surface area (Å²) in [5.74, 6) is 0. The predicted octanol–water partition coefficient (Wildman–Crippen LogP) is 2.45. The first kappa shape index (κ1) is 13.0. The molecule has 1 aromatic rings. The molecule has 0 saturated carbocycles. The number of hydrogen-bond acceptors (Lipinski definition) is 4. The molecule has 0 aliphatic rings. The number of nitrogen functional groups attached to an aromatic ring is 1. The maximum Gasteiger partial charge on any atom is 0.412 e. The van der Waals surface area contributed by atoms with E-state index in [1.165, 1.54) is 6.34 Å². The Morgan fingerprint density at radius 3 is 2.47 bits per heavy atom. The molecule has 92 valence electrons. The maximum absolute atomic E-state index is 11.3. The van der Waals surface area contributed by atoms with Crippen LogP contribution in [0.2, 0.25) is 0 Å². The van der Waals surface area contributed by atoms with Gasteiger partial charge in [0.1, 0.15) is 5.60 Å². The van der Waals surface area contributed by atoms with Crippen molar-refractivity contribution in [2.75, 3.05) is 5.73 Å². The number of rotatable bonds is 2. The summed E-state index contributed by atoms with van der Waals surface area (Å²) in [7, 11) is 0. The number of carbonyl (C=O) groups excluding carboxylic acids is 1. The van der Waals surface area contributed by atoms with Gasteiger partial charge in [-0.05, 0) is 45.0 Å². The fraction of sp³-hybridized carbons (Fsp3) is 0.333. The van der Waals surface area contributed by atoms with Gasteiger partial charge in [-0.15, -0.1) is 0 Å². The van der Waals surface area contributed by atoms with E-state index in [2.05, 4.69) is 10.3 Å². The zero-order chi connectivity index (χ0) is 12.9. The summed E-state index contributed by atoms with van der Waals surface area (Å²) in [6, 6.07) is 6.98. The number of ether oxygens (including phenoxy) is 1. The number of amides is 1. The Morgan fingerprint density at radius 2 is 1.94 bits per heavy atom. The van der Waals surface area contributed by atoms with Crippen molar-refractivity contribution in [1.82, 2.24) is 5.32 Å². The summed E-state index contributed by atoms with van der Waals surface area (Å²) in [5.41, 5.74) is 6.39. The topological polar surface area (TPSA) is 76.7 Å². The summed E-state index contributed by atoms with van der Waals surface area (Å²) in [6.07, 6.45) is 0.760. The summed E-state index contributed by atoms with van der Waals surface area (Å²) < 4.78 is 5.03. The lowest BCUT2D eigenvalue weighted by molar-refractivity contribution is 0.0565. The van der Waals surface area contributed by atoms with Crippen LogP contribution in [0.3, 0.4) is 0 Å². The number of aliphatic imine (C=N–C) groups is 1. The van der Waals surface area contributed by atoms with Gasteiger partial charge in [0.2, 0.25) is 0 Å². The van der Waals surface area contributed by atoms with E-state index < -0.39 is 11.7 Å². The number of carbonyl (C=O) groups is 1. The molecule has 0 aromatic heterocycles. The third-order valence-electron chi connectivity index (χ3n) is 1.69. The molecule has 1 aromatic carbocycles. The highest BCUT2D eigenvalue weighted by atomic mass is 16.6. The summed E-state index contributed by atoms with van der Waals surface area (Å²) in [6.45, 7) is 5.39. The average Bonchev–Trinajstić information content (AvgIpc) is 2.18. The molecule has 5 nitrogen and oxygen atoms in total. The number of alkyl carbamates (subject to hydrolysis) is 1. The molecule has 0 saturated heterocycles. The van der Waals surface area contributed by atoms with Crippen LogP contribution in [0.4, 0.5) is 16.2 Å². The van der Waals surface area contributed by atoms with Crippen LogP contribution < -0.4 is 11.1 Å². The van der Waals surface area contributed by atoms with Crippen molar-refractivity contribution in [1.29, 1.82) is 0 Å². The van der Waals surface area contributed by atoms with Gasteiger partial charge in [0, 0.05) is 5.69 Å². The van der Waals surface area contributed by atoms with E-state index >= 15 is 0 Å². The van der Waals surface area contributed by atoms with Gasteiger partial charge in [-0.2, -0.15) is 0 Å². The van der Waals surface area contributed by atoms with Crippen molar-refractivity contribution in [3.63, 3.8) is 0 Å². The van der Waals surface area contributed by atoms with Crippen LogP contribution >= 0.6 is 0 Å². The molecule has 1 amide bonds. The molecule has 0 aliphatic heterocycles. The standard InChI is InChI=1S/C12H17N3O2/c1-12(2,3)17-11(16)15-8-14-10-6-4-9(13)5-7-10/h4-8H,13H2,1-3H3,(H,14,15,16). The number of nitrogens with two attached hydrogens (primary N) is 1. The second kappa shape index (κ2) is 5.34. The monoisotopic (exact) mass is 235 g/mol. The highest BCUT2D eigenvalue weighted by Crippen LogP contribution is 2.12. The molecule has 0 radical (unpaired) electrons. The van der Waals surface area contributed by atoms with Crippen LogP contribution in [-0.4, -0.2) is 18.0 Å². The lowest BCUT2D eigenvalue weighted by Gasteiger charge is -2.18. The molecule has 0 atom stereocenters. The molecule has 3 N–H and O–H groups in total. The fourth-order valence-corrected chi connectivity index (χ4v) is 1.03. The minimum atomic E-state index is -0.531. The molecule has 5 heteroatoms. The summed E-state index contributed by atoms with van der Waals surface area (Å²) >= 11 is 0. The van der Waals surface area contributed by atoms with Gasteiger partial charge >= 0.3 is 6.09 Å². The molecular formula is C12H17N3O2. The fourth-order valence-electron chi connectivity index (χ4n) is 1.03. The van der Waals surface area contributed by atoms with Gasteiger partial charge in [-0.3, -0.25) is 5.32 Å². The SMILES string of the molecule is CC(C)(C)OC(=O)NC=Nc1ccc(N)cc1. The number of nitrogens with zero attached hydrogens (tertiary/aromatic N) is 1. The van der Waals surface area contributed by atoms with E-state index in [0.29, 0.717) is 11.4 Å². The molecular weight excluding hydrogens is 218 g/mol. The van der Waals surface area contributed by atoms with E-state index in [1.807, 2.05) is 0 Å². The quantitative estimate of drug-likeness (QED) is 0.469. The van der Waals surface area contributed by atoms with Gasteiger partial charge in [0.25, 0.3) is 0 Å². The number of hydrogen-bond donors (Lipinski definition) is 2. The summed E-state index contributed by atoms with van der Waals surface area (Å²) in [5, 5.41) is 2.42. The van der Waals surface area contributed by atoms with Gasteiger partial charge in [0.15, 0.2) is 0 Å². The van der Waals surface area contributed by atoms with Crippen molar-refractivity contribution in [3.05, 3.63) is 24.3 Å². The van der Waals surface area contributed by atoms with E-state index in [4.69, 9.17) is 10.5 Å². The Labute approximate surface area is 101 Å². The first-order valence-corrected chi connectivity index (χ1v) is 5.24. The molecule has 0 bridgehead atoms. The van der Waals surface area contributed by atoms with Crippen LogP contribution in [0.1, 0.15) is 20.8 Å². The number of benzene rings is 1. The third kappa shape index (κ3) is 5.55. The van der Waals surface area contributed by atoms with Crippen molar-refractivity contribution in [3.8, 4) is 0 Å². The number of nitrogens with one attached hydrogen (secondary N) is 1. The zero-order valence-corrected chi connectivity index (χ0v) is 10.2. The zero-order valence-electron chi connectivity index (χ0n) is 10.2. The van der Waals surface area contributed by atoms with Crippen molar-refractivity contribution >= 4 is 23.8 Å². The third-order valence-corrected chi connectivity index (χ3v) is 1.69. The summed E-state index contributed by atoms with van der Waals surface area (Å²) in [4.78, 5) is 15.3. The molecule has 0 spiro atoms. The van der Waals surface area contributed by atoms with Crippen LogP contribution in [0.25, 0.3) is 0 Å². The van der Waals surface area contributed by atoms with Crippen LogP contribution in [0.15, 0.2) is 29.3 Å².